The van der Waals surface area contributed by atoms with Gasteiger partial charge in [0.2, 0.25) is 5.54 Å². The second kappa shape index (κ2) is 5.95. The quantitative estimate of drug-likeness (QED) is 0.787. The molecule has 1 aliphatic rings. The van der Waals surface area contributed by atoms with Crippen LogP contribution in [0.3, 0.4) is 0 Å². The van der Waals surface area contributed by atoms with Crippen LogP contribution in [0.5, 0.6) is 0 Å². The molecule has 0 unspecified atom stereocenters. The Kier molecular flexibility index (Phi) is 4.32. The maximum atomic E-state index is 13.7. The highest BCUT2D eigenvalue weighted by molar-refractivity contribution is 6.11. The lowest BCUT2D eigenvalue weighted by Gasteiger charge is -2.31. The molecule has 128 valence electrons. The number of halogens is 3. The molecule has 0 radical (unpaired) electrons. The number of alkyl halides is 3. The third-order valence-corrected chi connectivity index (χ3v) is 3.43. The standard InChI is InChI=1S/C14H12F3N3O4/c1-7-9(11(22)24-2)13(12(23)19-7,14(15,16)17)20-10(21)8-4-3-5-18-6-8/h3-6H,1-2H3,(H,19,23)(H,20,21)/t13-/m0/s1. The van der Waals surface area contributed by atoms with E-state index in [9.17, 15) is 27.6 Å². The van der Waals surface area contributed by atoms with Crippen LogP contribution < -0.4 is 10.6 Å². The summed E-state index contributed by atoms with van der Waals surface area (Å²) in [6.45, 7) is 1.11. The van der Waals surface area contributed by atoms with Crippen LogP contribution in [0.2, 0.25) is 0 Å². The molecule has 10 heteroatoms. The van der Waals surface area contributed by atoms with Gasteiger partial charge in [-0.3, -0.25) is 14.6 Å². The van der Waals surface area contributed by atoms with E-state index in [2.05, 4.69) is 9.72 Å². The van der Waals surface area contributed by atoms with Gasteiger partial charge in [-0.25, -0.2) is 4.79 Å². The molecular weight excluding hydrogens is 331 g/mol. The van der Waals surface area contributed by atoms with Gasteiger partial charge in [-0.1, -0.05) is 0 Å². The third-order valence-electron chi connectivity index (χ3n) is 3.43. The highest BCUT2D eigenvalue weighted by Crippen LogP contribution is 2.41. The maximum absolute atomic E-state index is 13.7. The summed E-state index contributed by atoms with van der Waals surface area (Å²) < 4.78 is 45.5. The average Bonchev–Trinajstić information content (AvgIpc) is 2.78. The molecule has 0 saturated carbocycles. The molecule has 2 heterocycles. The summed E-state index contributed by atoms with van der Waals surface area (Å²) in [6, 6.07) is 2.56. The van der Waals surface area contributed by atoms with Crippen molar-refractivity contribution in [3.8, 4) is 0 Å². The number of allylic oxidation sites excluding steroid dienone is 1. The van der Waals surface area contributed by atoms with Gasteiger partial charge in [-0.2, -0.15) is 13.2 Å². The molecule has 0 spiro atoms. The van der Waals surface area contributed by atoms with E-state index in [-0.39, 0.29) is 11.3 Å². The van der Waals surface area contributed by atoms with E-state index in [1.165, 1.54) is 18.3 Å². The summed E-state index contributed by atoms with van der Waals surface area (Å²) in [5.74, 6) is -4.19. The summed E-state index contributed by atoms with van der Waals surface area (Å²) in [5.41, 5.74) is -5.12. The van der Waals surface area contributed by atoms with Crippen molar-refractivity contribution in [1.82, 2.24) is 15.6 Å². The van der Waals surface area contributed by atoms with Gasteiger partial charge in [-0.15, -0.1) is 0 Å². The van der Waals surface area contributed by atoms with Crippen LogP contribution in [0.1, 0.15) is 17.3 Å². The van der Waals surface area contributed by atoms with Gasteiger partial charge in [0.15, 0.2) is 0 Å². The van der Waals surface area contributed by atoms with E-state index in [1.54, 1.807) is 5.32 Å². The minimum Gasteiger partial charge on any atom is -0.466 e. The first-order valence-corrected chi connectivity index (χ1v) is 6.55. The number of rotatable bonds is 3. The predicted octanol–water partition coefficient (Wildman–Crippen LogP) is 0.689. The summed E-state index contributed by atoms with van der Waals surface area (Å²) in [5, 5.41) is 3.55. The molecule has 1 aliphatic heterocycles. The number of ether oxygens (including phenoxy) is 1. The van der Waals surface area contributed by atoms with Crippen LogP contribution in [0.25, 0.3) is 0 Å². The minimum atomic E-state index is -5.28. The summed E-state index contributed by atoms with van der Waals surface area (Å²) >= 11 is 0. The lowest BCUT2D eigenvalue weighted by Crippen LogP contribution is -2.66. The number of amides is 2. The maximum Gasteiger partial charge on any atom is 0.425 e. The van der Waals surface area contributed by atoms with Crippen molar-refractivity contribution in [3.63, 3.8) is 0 Å². The van der Waals surface area contributed by atoms with Crippen LogP contribution in [-0.2, 0) is 14.3 Å². The Morgan fingerprint density at radius 3 is 2.54 bits per heavy atom. The number of pyridine rings is 1. The first-order valence-electron chi connectivity index (χ1n) is 6.55. The molecule has 1 atom stereocenters. The molecule has 1 aromatic heterocycles. The van der Waals surface area contributed by atoms with E-state index in [4.69, 9.17) is 0 Å². The van der Waals surface area contributed by atoms with Crippen molar-refractivity contribution in [2.75, 3.05) is 7.11 Å². The molecule has 0 saturated heterocycles. The van der Waals surface area contributed by atoms with E-state index in [1.807, 2.05) is 5.32 Å². The average molecular weight is 343 g/mol. The van der Waals surface area contributed by atoms with Gasteiger partial charge in [0, 0.05) is 18.1 Å². The smallest absolute Gasteiger partial charge is 0.425 e. The fraction of sp³-hybridized carbons (Fsp3) is 0.286. The highest BCUT2D eigenvalue weighted by atomic mass is 19.4. The number of nitrogens with one attached hydrogen (secondary N) is 2. The van der Waals surface area contributed by atoms with Gasteiger partial charge in [0.25, 0.3) is 11.8 Å². The van der Waals surface area contributed by atoms with E-state index < -0.39 is 35.1 Å². The second-order valence-electron chi connectivity index (χ2n) is 4.89. The number of hydrogen-bond acceptors (Lipinski definition) is 5. The fourth-order valence-corrected chi connectivity index (χ4v) is 2.33. The first kappa shape index (κ1) is 17.4. The van der Waals surface area contributed by atoms with Gasteiger partial charge in [0.1, 0.15) is 5.57 Å². The lowest BCUT2D eigenvalue weighted by molar-refractivity contribution is -0.188. The highest BCUT2D eigenvalue weighted by Gasteiger charge is 2.69. The Morgan fingerprint density at radius 2 is 2.04 bits per heavy atom. The Bertz CT molecular complexity index is 731. The Hall–Kier alpha value is -2.91. The minimum absolute atomic E-state index is 0.206. The van der Waals surface area contributed by atoms with Gasteiger partial charge < -0.3 is 15.4 Å². The van der Waals surface area contributed by atoms with Crippen LogP contribution in [0, 0.1) is 0 Å². The normalized spacial score (nSPS) is 20.6. The topological polar surface area (TPSA) is 97.4 Å². The number of methoxy groups -OCH3 is 1. The molecule has 24 heavy (non-hydrogen) atoms. The lowest BCUT2D eigenvalue weighted by atomic mass is 9.89. The van der Waals surface area contributed by atoms with Crippen molar-refractivity contribution in [1.29, 1.82) is 0 Å². The van der Waals surface area contributed by atoms with E-state index in [0.717, 1.165) is 20.2 Å². The summed E-state index contributed by atoms with van der Waals surface area (Å²) in [6.07, 6.45) is -2.93. The molecule has 7 nitrogen and oxygen atoms in total. The SMILES string of the molecule is COC(=O)C1=C(C)NC(=O)[C@]1(NC(=O)c1cccnc1)C(F)(F)F. The molecular formula is C14H12F3N3O4. The largest absolute Gasteiger partial charge is 0.466 e. The molecule has 0 aliphatic carbocycles. The second-order valence-corrected chi connectivity index (χ2v) is 4.89. The van der Waals surface area contributed by atoms with Crippen molar-refractivity contribution < 1.29 is 32.3 Å². The van der Waals surface area contributed by atoms with Gasteiger partial charge >= 0.3 is 12.1 Å². The zero-order chi connectivity index (χ0) is 18.1. The predicted molar refractivity (Wildman–Crippen MR) is 73.3 cm³/mol. The molecule has 0 bridgehead atoms. The van der Waals surface area contributed by atoms with Crippen molar-refractivity contribution in [3.05, 3.63) is 41.4 Å². The number of esters is 1. The number of carbonyl (C=O) groups is 3. The zero-order valence-corrected chi connectivity index (χ0v) is 12.5. The molecule has 2 N–H and O–H groups in total. The number of hydrogen-bond donors (Lipinski definition) is 2. The molecule has 2 rings (SSSR count). The third kappa shape index (κ3) is 2.59. The monoisotopic (exact) mass is 343 g/mol. The van der Waals surface area contributed by atoms with Gasteiger partial charge in [-0.05, 0) is 19.1 Å². The number of aromatic nitrogens is 1. The summed E-state index contributed by atoms with van der Waals surface area (Å²) in [4.78, 5) is 39.6. The number of carbonyl (C=O) groups excluding carboxylic acids is 3. The molecule has 0 aromatic carbocycles. The Morgan fingerprint density at radius 1 is 1.38 bits per heavy atom. The van der Waals surface area contributed by atoms with Crippen LogP contribution in [0.15, 0.2) is 35.8 Å². The van der Waals surface area contributed by atoms with Crippen molar-refractivity contribution >= 4 is 17.8 Å². The van der Waals surface area contributed by atoms with Gasteiger partial charge in [0.05, 0.1) is 12.7 Å². The fourth-order valence-electron chi connectivity index (χ4n) is 2.33. The van der Waals surface area contributed by atoms with Crippen molar-refractivity contribution in [2.24, 2.45) is 0 Å². The molecule has 0 fully saturated rings. The van der Waals surface area contributed by atoms with Crippen molar-refractivity contribution in [2.45, 2.75) is 18.6 Å². The molecule has 2 amide bonds. The van der Waals surface area contributed by atoms with Crippen LogP contribution in [0.4, 0.5) is 13.2 Å². The zero-order valence-electron chi connectivity index (χ0n) is 12.5. The summed E-state index contributed by atoms with van der Waals surface area (Å²) in [7, 11) is 0.871. The Balaban J connectivity index is 2.57. The van der Waals surface area contributed by atoms with E-state index >= 15 is 0 Å². The van der Waals surface area contributed by atoms with Crippen LogP contribution >= 0.6 is 0 Å². The van der Waals surface area contributed by atoms with Crippen LogP contribution in [-0.4, -0.2) is 41.6 Å². The van der Waals surface area contributed by atoms with E-state index in [0.29, 0.717) is 0 Å². The first-order chi connectivity index (χ1) is 11.1. The molecule has 1 aromatic rings. The number of nitrogens with zero attached hydrogens (tertiary/aromatic N) is 1. The Labute approximate surface area is 133 Å².